The fourth-order valence-electron chi connectivity index (χ4n) is 0.678. The van der Waals surface area contributed by atoms with Gasteiger partial charge >= 0.3 is 0 Å². The van der Waals surface area contributed by atoms with Gasteiger partial charge in [-0.2, -0.15) is 0 Å². The van der Waals surface area contributed by atoms with Crippen LogP contribution in [0.5, 0.6) is 0 Å². The van der Waals surface area contributed by atoms with E-state index in [0.29, 0.717) is 5.16 Å². The molecule has 1 N–H and O–H groups in total. The Balaban J connectivity index is 2.67. The second kappa shape index (κ2) is 3.28. The molecule has 52 valence electrons. The smallest absolute Gasteiger partial charge is 0.0989 e. The van der Waals surface area contributed by atoms with Gasteiger partial charge in [0.15, 0.2) is 0 Å². The first-order valence-electron chi connectivity index (χ1n) is 2.95. The monoisotopic (exact) mass is 153 g/mol. The maximum Gasteiger partial charge on any atom is 0.0989 e. The Morgan fingerprint density at radius 2 is 1.90 bits per heavy atom. The second-order valence-corrected chi connectivity index (χ2v) is 2.35. The molecule has 0 radical (unpaired) electrons. The van der Waals surface area contributed by atoms with Crippen LogP contribution in [0.2, 0.25) is 0 Å². The second-order valence-electron chi connectivity index (χ2n) is 1.90. The van der Waals surface area contributed by atoms with E-state index >= 15 is 0 Å². The number of anilines is 1. The van der Waals surface area contributed by atoms with Gasteiger partial charge in [-0.05, 0) is 12.1 Å². The van der Waals surface area contributed by atoms with Crippen LogP contribution in [0.1, 0.15) is 0 Å². The summed E-state index contributed by atoms with van der Waals surface area (Å²) in [7, 11) is 0. The number of benzene rings is 1. The van der Waals surface area contributed by atoms with Crippen LogP contribution in [0.25, 0.3) is 0 Å². The van der Waals surface area contributed by atoms with Crippen LogP contribution in [-0.2, 0) is 0 Å². The lowest BCUT2D eigenvalue weighted by molar-refractivity contribution is 1.57. The van der Waals surface area contributed by atoms with E-state index in [0.717, 1.165) is 5.69 Å². The summed E-state index contributed by atoms with van der Waals surface area (Å²) in [4.78, 5) is 0. The van der Waals surface area contributed by atoms with Crippen molar-refractivity contribution in [3.8, 4) is 0 Å². The molecule has 1 rings (SSSR count). The average molecular weight is 154 g/mol. The van der Waals surface area contributed by atoms with Gasteiger partial charge in [0.1, 0.15) is 0 Å². The normalized spacial score (nSPS) is 8.90. The van der Waals surface area contributed by atoms with Crippen molar-refractivity contribution >= 4 is 17.3 Å². The Kier molecular flexibility index (Phi) is 2.35. The van der Waals surface area contributed by atoms with Crippen LogP contribution in [0.3, 0.4) is 0 Å². The molecule has 0 bridgehead atoms. The molecule has 0 saturated carbocycles. The zero-order valence-corrected chi connectivity index (χ0v) is 6.23. The lowest BCUT2D eigenvalue weighted by Gasteiger charge is -2.00. The first-order valence-corrected chi connectivity index (χ1v) is 3.33. The Hall–Kier alpha value is -0.950. The third kappa shape index (κ3) is 2.11. The summed E-state index contributed by atoms with van der Waals surface area (Å²) in [5, 5.41) is 3.31. The Bertz CT molecular complexity index is 218. The molecule has 0 spiro atoms. The van der Waals surface area contributed by atoms with E-state index in [4.69, 9.17) is 11.6 Å². The predicted octanol–water partition coefficient (Wildman–Crippen LogP) is 2.81. The zero-order valence-electron chi connectivity index (χ0n) is 5.47. The van der Waals surface area contributed by atoms with Gasteiger partial charge in [0.25, 0.3) is 0 Å². The number of hydrogen-bond donors (Lipinski definition) is 1. The number of nitrogens with one attached hydrogen (secondary N) is 1. The molecule has 0 aliphatic rings. The highest BCUT2D eigenvalue weighted by Gasteiger charge is 1.87. The van der Waals surface area contributed by atoms with Crippen molar-refractivity contribution in [3.05, 3.63) is 42.1 Å². The quantitative estimate of drug-likeness (QED) is 0.645. The minimum absolute atomic E-state index is 0.436. The highest BCUT2D eigenvalue weighted by atomic mass is 35.5. The Morgan fingerprint density at radius 1 is 1.30 bits per heavy atom. The van der Waals surface area contributed by atoms with Gasteiger partial charge in [-0.3, -0.25) is 0 Å². The maximum atomic E-state index is 5.51. The minimum Gasteiger partial charge on any atom is -0.347 e. The molecule has 0 aromatic heterocycles. The van der Waals surface area contributed by atoms with Gasteiger partial charge in [-0.25, -0.2) is 0 Å². The van der Waals surface area contributed by atoms with Gasteiger partial charge in [-0.15, -0.1) is 0 Å². The molecule has 0 fully saturated rings. The van der Waals surface area contributed by atoms with Crippen LogP contribution < -0.4 is 5.32 Å². The Labute approximate surface area is 65.3 Å². The fourth-order valence-corrected chi connectivity index (χ4v) is 0.787. The molecule has 0 saturated heterocycles. The molecule has 1 aromatic carbocycles. The summed E-state index contributed by atoms with van der Waals surface area (Å²) in [5.41, 5.74) is 0.961. The molecule has 1 aromatic rings. The maximum absolute atomic E-state index is 5.51. The summed E-state index contributed by atoms with van der Waals surface area (Å²) in [6.45, 7) is 3.50. The molecule has 0 amide bonds. The summed E-state index contributed by atoms with van der Waals surface area (Å²) in [6.07, 6.45) is 0. The van der Waals surface area contributed by atoms with E-state index in [2.05, 4.69) is 11.9 Å². The van der Waals surface area contributed by atoms with E-state index in [1.165, 1.54) is 0 Å². The van der Waals surface area contributed by atoms with Crippen LogP contribution in [0.15, 0.2) is 42.1 Å². The topological polar surface area (TPSA) is 12.0 Å². The highest BCUT2D eigenvalue weighted by molar-refractivity contribution is 6.30. The Morgan fingerprint density at radius 3 is 2.40 bits per heavy atom. The first-order chi connectivity index (χ1) is 4.79. The van der Waals surface area contributed by atoms with Gasteiger partial charge in [0.05, 0.1) is 5.16 Å². The van der Waals surface area contributed by atoms with Gasteiger partial charge < -0.3 is 5.32 Å². The van der Waals surface area contributed by atoms with Gasteiger partial charge in [0.2, 0.25) is 0 Å². The van der Waals surface area contributed by atoms with Crippen molar-refractivity contribution < 1.29 is 0 Å². The van der Waals surface area contributed by atoms with Crippen LogP contribution in [0.4, 0.5) is 5.69 Å². The summed E-state index contributed by atoms with van der Waals surface area (Å²) < 4.78 is 0. The molecule has 0 atom stereocenters. The summed E-state index contributed by atoms with van der Waals surface area (Å²) in [6, 6.07) is 9.66. The molecule has 0 heterocycles. The molecule has 0 aliphatic heterocycles. The van der Waals surface area contributed by atoms with E-state index < -0.39 is 0 Å². The van der Waals surface area contributed by atoms with E-state index in [1.807, 2.05) is 30.3 Å². The van der Waals surface area contributed by atoms with E-state index in [9.17, 15) is 0 Å². The van der Waals surface area contributed by atoms with Crippen molar-refractivity contribution in [2.75, 3.05) is 5.32 Å². The largest absolute Gasteiger partial charge is 0.347 e. The van der Waals surface area contributed by atoms with Crippen molar-refractivity contribution in [2.45, 2.75) is 0 Å². The summed E-state index contributed by atoms with van der Waals surface area (Å²) >= 11 is 5.51. The molecule has 1 nitrogen and oxygen atoms in total. The summed E-state index contributed by atoms with van der Waals surface area (Å²) in [5.74, 6) is 0. The molecular weight excluding hydrogens is 146 g/mol. The average Bonchev–Trinajstić information content (AvgIpc) is 1.88. The van der Waals surface area contributed by atoms with Crippen LogP contribution in [-0.4, -0.2) is 0 Å². The number of para-hydroxylation sites is 1. The van der Waals surface area contributed by atoms with Gasteiger partial charge in [0, 0.05) is 5.69 Å². The number of halogens is 1. The molecule has 2 heteroatoms. The molecule has 10 heavy (non-hydrogen) atoms. The molecule has 0 aliphatic carbocycles. The third-order valence-corrected chi connectivity index (χ3v) is 1.15. The van der Waals surface area contributed by atoms with Crippen molar-refractivity contribution in [3.63, 3.8) is 0 Å². The van der Waals surface area contributed by atoms with Crippen molar-refractivity contribution in [1.29, 1.82) is 0 Å². The lowest BCUT2D eigenvalue weighted by atomic mass is 10.3. The number of hydrogen-bond acceptors (Lipinski definition) is 1. The SMILES string of the molecule is C=C(Cl)Nc1ccccc1. The third-order valence-electron chi connectivity index (χ3n) is 1.05. The lowest BCUT2D eigenvalue weighted by Crippen LogP contribution is -1.89. The van der Waals surface area contributed by atoms with Crippen LogP contribution in [0, 0.1) is 0 Å². The standard InChI is InChI=1S/C8H8ClN/c1-7(9)10-8-5-3-2-4-6-8/h2-6,10H,1H2. The van der Waals surface area contributed by atoms with Crippen molar-refractivity contribution in [2.24, 2.45) is 0 Å². The van der Waals surface area contributed by atoms with E-state index in [-0.39, 0.29) is 0 Å². The predicted molar refractivity (Wildman–Crippen MR) is 45.1 cm³/mol. The first kappa shape index (κ1) is 7.16. The zero-order chi connectivity index (χ0) is 7.40. The van der Waals surface area contributed by atoms with Crippen molar-refractivity contribution in [1.82, 2.24) is 0 Å². The van der Waals surface area contributed by atoms with Crippen LogP contribution >= 0.6 is 11.6 Å². The van der Waals surface area contributed by atoms with E-state index in [1.54, 1.807) is 0 Å². The molecular formula is C8H8ClN. The minimum atomic E-state index is 0.436. The van der Waals surface area contributed by atoms with Gasteiger partial charge in [-0.1, -0.05) is 36.4 Å². The molecule has 0 unspecified atom stereocenters. The fraction of sp³-hybridized carbons (Fsp3) is 0. The number of rotatable bonds is 2. The highest BCUT2D eigenvalue weighted by Crippen LogP contribution is 2.08.